The monoisotopic (exact) mass is 348 g/mol. The van der Waals surface area contributed by atoms with Crippen molar-refractivity contribution in [3.05, 3.63) is 70.1 Å². The molecule has 6 heteroatoms. The molecule has 1 amide bonds. The number of nitrogens with zero attached hydrogens (tertiary/aromatic N) is 3. The van der Waals surface area contributed by atoms with Crippen molar-refractivity contribution in [1.29, 1.82) is 0 Å². The van der Waals surface area contributed by atoms with Crippen LogP contribution in [0.3, 0.4) is 0 Å². The van der Waals surface area contributed by atoms with Gasteiger partial charge in [-0.05, 0) is 24.6 Å². The maximum Gasteiger partial charge on any atom is 0.275 e. The molecule has 2 aromatic carbocycles. The summed E-state index contributed by atoms with van der Waals surface area (Å²) in [6.07, 6.45) is 0. The van der Waals surface area contributed by atoms with Crippen molar-refractivity contribution in [3.8, 4) is 0 Å². The summed E-state index contributed by atoms with van der Waals surface area (Å²) in [7, 11) is 0. The number of nitrogens with one attached hydrogen (secondary N) is 1. The average Bonchev–Trinajstić information content (AvgIpc) is 2.69. The molecule has 4 rings (SSSR count). The molecule has 0 unspecified atom stereocenters. The third-order valence-electron chi connectivity index (χ3n) is 4.92. The van der Waals surface area contributed by atoms with Crippen molar-refractivity contribution >= 4 is 22.4 Å². The molecule has 1 aromatic heterocycles. The van der Waals surface area contributed by atoms with Gasteiger partial charge in [0.15, 0.2) is 5.69 Å². The summed E-state index contributed by atoms with van der Waals surface area (Å²) < 4.78 is 0. The number of fused-ring (bicyclic) bond motifs is 1. The first-order chi connectivity index (χ1) is 12.6. The molecule has 0 bridgehead atoms. The van der Waals surface area contributed by atoms with Gasteiger partial charge in [0.05, 0.1) is 5.39 Å². The summed E-state index contributed by atoms with van der Waals surface area (Å²) in [5.41, 5.74) is 2.49. The molecular formula is C20H20N4O2. The number of aryl methyl sites for hydroxylation is 1. The van der Waals surface area contributed by atoms with Gasteiger partial charge in [0, 0.05) is 37.3 Å². The summed E-state index contributed by atoms with van der Waals surface area (Å²) in [6.45, 7) is 4.91. The molecule has 0 spiro atoms. The van der Waals surface area contributed by atoms with Crippen LogP contribution in [0.25, 0.3) is 10.8 Å². The van der Waals surface area contributed by atoms with E-state index in [1.807, 2.05) is 23.1 Å². The van der Waals surface area contributed by atoms with Gasteiger partial charge < -0.3 is 9.80 Å². The molecule has 1 aliphatic rings. The van der Waals surface area contributed by atoms with E-state index < -0.39 is 0 Å². The summed E-state index contributed by atoms with van der Waals surface area (Å²) in [6, 6.07) is 15.4. The van der Waals surface area contributed by atoms with E-state index in [1.54, 1.807) is 18.2 Å². The highest BCUT2D eigenvalue weighted by Gasteiger charge is 2.25. The molecule has 0 saturated carbocycles. The molecule has 0 atom stereocenters. The number of rotatable bonds is 2. The topological polar surface area (TPSA) is 69.3 Å². The molecule has 6 nitrogen and oxygen atoms in total. The van der Waals surface area contributed by atoms with Crippen LogP contribution in [0.1, 0.15) is 16.1 Å². The standard InChI is InChI=1S/C20H20N4O2/c1-14-6-2-5-9-17(14)23-10-12-24(13-11-23)20(26)18-15-7-3-4-8-16(15)19(25)22-21-18/h2-9H,10-13H2,1H3,(H,22,25). The number of aromatic nitrogens is 2. The lowest BCUT2D eigenvalue weighted by atomic mass is 10.1. The molecule has 1 saturated heterocycles. The second-order valence-corrected chi connectivity index (χ2v) is 6.51. The highest BCUT2D eigenvalue weighted by atomic mass is 16.2. The van der Waals surface area contributed by atoms with E-state index in [1.165, 1.54) is 11.3 Å². The Kier molecular flexibility index (Phi) is 4.16. The number of H-pyrrole nitrogens is 1. The van der Waals surface area contributed by atoms with Crippen molar-refractivity contribution in [2.45, 2.75) is 6.92 Å². The van der Waals surface area contributed by atoms with Crippen molar-refractivity contribution in [2.24, 2.45) is 0 Å². The van der Waals surface area contributed by atoms with Crippen LogP contribution in [-0.4, -0.2) is 47.2 Å². The van der Waals surface area contributed by atoms with E-state index in [0.29, 0.717) is 29.6 Å². The Morgan fingerprint density at radius 3 is 2.35 bits per heavy atom. The van der Waals surface area contributed by atoms with E-state index in [-0.39, 0.29) is 11.5 Å². The number of amides is 1. The van der Waals surface area contributed by atoms with Crippen LogP contribution >= 0.6 is 0 Å². The number of benzene rings is 2. The van der Waals surface area contributed by atoms with Crippen LogP contribution in [0.5, 0.6) is 0 Å². The van der Waals surface area contributed by atoms with Crippen LogP contribution in [0.4, 0.5) is 5.69 Å². The highest BCUT2D eigenvalue weighted by molar-refractivity contribution is 6.04. The molecule has 1 aliphatic heterocycles. The van der Waals surface area contributed by atoms with Crippen molar-refractivity contribution in [1.82, 2.24) is 15.1 Å². The number of carbonyl (C=O) groups excluding carboxylic acids is 1. The van der Waals surface area contributed by atoms with E-state index >= 15 is 0 Å². The number of para-hydroxylation sites is 1. The summed E-state index contributed by atoms with van der Waals surface area (Å²) in [5.74, 6) is -0.137. The van der Waals surface area contributed by atoms with Gasteiger partial charge >= 0.3 is 0 Å². The summed E-state index contributed by atoms with van der Waals surface area (Å²) in [4.78, 5) is 29.0. The molecule has 3 aromatic rings. The van der Waals surface area contributed by atoms with Gasteiger partial charge in [-0.2, -0.15) is 5.10 Å². The van der Waals surface area contributed by atoms with E-state index in [0.717, 1.165) is 13.1 Å². The Hall–Kier alpha value is -3.15. The Morgan fingerprint density at radius 1 is 0.962 bits per heavy atom. The third kappa shape index (κ3) is 2.83. The van der Waals surface area contributed by atoms with E-state index in [2.05, 4.69) is 34.2 Å². The van der Waals surface area contributed by atoms with Crippen LogP contribution in [0.15, 0.2) is 53.3 Å². The van der Waals surface area contributed by atoms with Crippen molar-refractivity contribution in [2.75, 3.05) is 31.1 Å². The minimum absolute atomic E-state index is 0.137. The molecule has 2 heterocycles. The lowest BCUT2D eigenvalue weighted by molar-refractivity contribution is 0.0742. The molecule has 0 aliphatic carbocycles. The zero-order valence-corrected chi connectivity index (χ0v) is 14.6. The van der Waals surface area contributed by atoms with Gasteiger partial charge in [0.2, 0.25) is 0 Å². The summed E-state index contributed by atoms with van der Waals surface area (Å²) in [5, 5.41) is 7.56. The van der Waals surface area contributed by atoms with Gasteiger partial charge in [0.1, 0.15) is 0 Å². The van der Waals surface area contributed by atoms with Gasteiger partial charge in [-0.1, -0.05) is 36.4 Å². The van der Waals surface area contributed by atoms with E-state index in [4.69, 9.17) is 0 Å². The van der Waals surface area contributed by atoms with Crippen LogP contribution < -0.4 is 10.5 Å². The van der Waals surface area contributed by atoms with Gasteiger partial charge in [0.25, 0.3) is 11.5 Å². The minimum atomic E-state index is -0.276. The number of aromatic amines is 1. The zero-order valence-electron chi connectivity index (χ0n) is 14.6. The normalized spacial score (nSPS) is 14.7. The molecule has 1 fully saturated rings. The quantitative estimate of drug-likeness (QED) is 0.771. The van der Waals surface area contributed by atoms with Crippen LogP contribution in [-0.2, 0) is 0 Å². The first kappa shape index (κ1) is 16.3. The highest BCUT2D eigenvalue weighted by Crippen LogP contribution is 2.22. The Balaban J connectivity index is 1.56. The Labute approximate surface area is 151 Å². The number of carbonyl (C=O) groups is 1. The second kappa shape index (κ2) is 6.63. The fourth-order valence-corrected chi connectivity index (χ4v) is 3.50. The molecule has 0 radical (unpaired) electrons. The average molecular weight is 348 g/mol. The maximum atomic E-state index is 13.0. The Morgan fingerprint density at radius 2 is 1.62 bits per heavy atom. The smallest absolute Gasteiger partial charge is 0.275 e. The maximum absolute atomic E-state index is 13.0. The Bertz CT molecular complexity index is 1020. The van der Waals surface area contributed by atoms with Crippen LogP contribution in [0.2, 0.25) is 0 Å². The number of hydrogen-bond acceptors (Lipinski definition) is 4. The first-order valence-corrected chi connectivity index (χ1v) is 8.72. The molecule has 26 heavy (non-hydrogen) atoms. The first-order valence-electron chi connectivity index (χ1n) is 8.72. The largest absolute Gasteiger partial charge is 0.368 e. The number of hydrogen-bond donors (Lipinski definition) is 1. The van der Waals surface area contributed by atoms with Gasteiger partial charge in [-0.3, -0.25) is 9.59 Å². The number of piperazine rings is 1. The van der Waals surface area contributed by atoms with E-state index in [9.17, 15) is 9.59 Å². The second-order valence-electron chi connectivity index (χ2n) is 6.51. The molecule has 1 N–H and O–H groups in total. The van der Waals surface area contributed by atoms with Crippen molar-refractivity contribution < 1.29 is 4.79 Å². The van der Waals surface area contributed by atoms with Gasteiger partial charge in [-0.15, -0.1) is 0 Å². The molecule has 132 valence electrons. The number of anilines is 1. The predicted octanol–water partition coefficient (Wildman–Crippen LogP) is 2.19. The zero-order chi connectivity index (χ0) is 18.1. The SMILES string of the molecule is Cc1ccccc1N1CCN(C(=O)c2n[nH]c(=O)c3ccccc23)CC1. The van der Waals surface area contributed by atoms with Gasteiger partial charge in [-0.25, -0.2) is 5.10 Å². The minimum Gasteiger partial charge on any atom is -0.368 e. The van der Waals surface area contributed by atoms with Crippen LogP contribution in [0, 0.1) is 6.92 Å². The predicted molar refractivity (Wildman–Crippen MR) is 102 cm³/mol. The molecular weight excluding hydrogens is 328 g/mol. The fraction of sp³-hybridized carbons (Fsp3) is 0.250. The third-order valence-corrected chi connectivity index (χ3v) is 4.92. The van der Waals surface area contributed by atoms with Crippen molar-refractivity contribution in [3.63, 3.8) is 0 Å². The lowest BCUT2D eigenvalue weighted by Gasteiger charge is -2.36. The summed E-state index contributed by atoms with van der Waals surface area (Å²) >= 11 is 0. The lowest BCUT2D eigenvalue weighted by Crippen LogP contribution is -2.49. The fourth-order valence-electron chi connectivity index (χ4n) is 3.50.